The van der Waals surface area contributed by atoms with E-state index in [0.717, 1.165) is 0 Å². The van der Waals surface area contributed by atoms with E-state index in [-0.39, 0.29) is 24.6 Å². The van der Waals surface area contributed by atoms with Crippen LogP contribution in [0.2, 0.25) is 0 Å². The van der Waals surface area contributed by atoms with E-state index in [0.29, 0.717) is 0 Å². The molecule has 0 spiro atoms. The number of hydroxylamine groups is 1. The van der Waals surface area contributed by atoms with Gasteiger partial charge in [-0.1, -0.05) is 0 Å². The van der Waals surface area contributed by atoms with Gasteiger partial charge in [0.1, 0.15) is 6.26 Å². The maximum atomic E-state index is 10.00. The Hall–Kier alpha value is -0.853. The Morgan fingerprint density at radius 3 is 2.70 bits per heavy atom. The summed E-state index contributed by atoms with van der Waals surface area (Å²) in [6.45, 7) is 0. The molecule has 0 aromatic heterocycles. The SMILES string of the molecule is O=C([O-])C1=CC=CON1.[Li+]. The number of carbonyl (C=O) groups is 1. The fourth-order valence-electron chi connectivity index (χ4n) is 0.416. The van der Waals surface area contributed by atoms with Crippen molar-refractivity contribution in [1.29, 1.82) is 0 Å². The number of hydrogen-bond acceptors (Lipinski definition) is 4. The van der Waals surface area contributed by atoms with E-state index in [1.807, 2.05) is 0 Å². The Morgan fingerprint density at radius 2 is 2.40 bits per heavy atom. The maximum absolute atomic E-state index is 10.00. The van der Waals surface area contributed by atoms with E-state index in [1.54, 1.807) is 0 Å². The molecule has 1 aliphatic rings. The van der Waals surface area contributed by atoms with Gasteiger partial charge >= 0.3 is 18.9 Å². The quantitative estimate of drug-likeness (QED) is 0.367. The fourth-order valence-corrected chi connectivity index (χ4v) is 0.416. The zero-order valence-corrected chi connectivity index (χ0v) is 5.46. The van der Waals surface area contributed by atoms with Crippen LogP contribution in [0.25, 0.3) is 0 Å². The molecule has 0 saturated heterocycles. The first kappa shape index (κ1) is 9.15. The number of rotatable bonds is 1. The van der Waals surface area contributed by atoms with E-state index in [2.05, 4.69) is 10.3 Å². The largest absolute Gasteiger partial charge is 1.00 e. The molecule has 1 aliphatic heterocycles. The Bertz CT molecular complexity index is 187. The van der Waals surface area contributed by atoms with Crippen LogP contribution in [0.5, 0.6) is 0 Å². The van der Waals surface area contributed by atoms with Crippen LogP contribution >= 0.6 is 0 Å². The van der Waals surface area contributed by atoms with Gasteiger partial charge in [0.25, 0.3) is 0 Å². The summed E-state index contributed by atoms with van der Waals surface area (Å²) in [4.78, 5) is 14.4. The minimum Gasteiger partial charge on any atom is -0.543 e. The summed E-state index contributed by atoms with van der Waals surface area (Å²) in [5.41, 5.74) is 2.06. The first-order chi connectivity index (χ1) is 4.30. The summed E-state index contributed by atoms with van der Waals surface area (Å²) in [5, 5.41) is 10.00. The van der Waals surface area contributed by atoms with Crippen molar-refractivity contribution in [3.05, 3.63) is 24.1 Å². The summed E-state index contributed by atoms with van der Waals surface area (Å²) < 4.78 is 0. The molecule has 0 aromatic rings. The van der Waals surface area contributed by atoms with Gasteiger partial charge in [-0.15, -0.1) is 0 Å². The van der Waals surface area contributed by atoms with Crippen molar-refractivity contribution < 1.29 is 33.6 Å². The van der Waals surface area contributed by atoms with Gasteiger partial charge in [0.2, 0.25) is 0 Å². The topological polar surface area (TPSA) is 61.4 Å². The number of hydrogen-bond donors (Lipinski definition) is 1. The molecule has 48 valence electrons. The van der Waals surface area contributed by atoms with Crippen LogP contribution in [0.1, 0.15) is 0 Å². The molecule has 0 amide bonds. The van der Waals surface area contributed by atoms with Crippen molar-refractivity contribution in [3.63, 3.8) is 0 Å². The first-order valence-electron chi connectivity index (χ1n) is 2.30. The average molecular weight is 133 g/mol. The van der Waals surface area contributed by atoms with E-state index in [4.69, 9.17) is 0 Å². The molecule has 0 unspecified atom stereocenters. The van der Waals surface area contributed by atoms with Gasteiger partial charge in [-0.25, -0.2) is 5.48 Å². The van der Waals surface area contributed by atoms with Gasteiger partial charge < -0.3 is 14.7 Å². The molecular weight excluding hydrogens is 129 g/mol. The van der Waals surface area contributed by atoms with Crippen LogP contribution in [0.3, 0.4) is 0 Å². The van der Waals surface area contributed by atoms with Crippen molar-refractivity contribution in [2.75, 3.05) is 0 Å². The normalized spacial score (nSPS) is 13.8. The van der Waals surface area contributed by atoms with Crippen molar-refractivity contribution in [1.82, 2.24) is 5.48 Å². The number of nitrogens with one attached hydrogen (secondary N) is 1. The van der Waals surface area contributed by atoms with Crippen LogP contribution in [0.4, 0.5) is 0 Å². The first-order valence-corrected chi connectivity index (χ1v) is 2.30. The van der Waals surface area contributed by atoms with Gasteiger partial charge in [-0.2, -0.15) is 0 Å². The maximum Gasteiger partial charge on any atom is 1.00 e. The Kier molecular flexibility index (Phi) is 3.70. The number of carboxylic acid groups (broad SMARTS) is 1. The molecular formula is C5H4LiNO3. The van der Waals surface area contributed by atoms with Gasteiger partial charge in [0.05, 0.1) is 11.7 Å². The molecule has 0 radical (unpaired) electrons. The molecule has 0 saturated carbocycles. The van der Waals surface area contributed by atoms with Gasteiger partial charge in [0.15, 0.2) is 0 Å². The van der Waals surface area contributed by atoms with Crippen LogP contribution < -0.4 is 29.4 Å². The molecule has 1 N–H and O–H groups in total. The third kappa shape index (κ3) is 2.17. The number of aliphatic carboxylic acids is 1. The van der Waals surface area contributed by atoms with E-state index < -0.39 is 5.97 Å². The summed E-state index contributed by atoms with van der Waals surface area (Å²) in [6.07, 6.45) is 4.13. The molecule has 0 aromatic carbocycles. The predicted octanol–water partition coefficient (Wildman–Crippen LogP) is -4.33. The molecule has 0 atom stereocenters. The van der Waals surface area contributed by atoms with E-state index >= 15 is 0 Å². The Morgan fingerprint density at radius 1 is 1.70 bits per heavy atom. The van der Waals surface area contributed by atoms with Gasteiger partial charge in [0, 0.05) is 0 Å². The summed E-state index contributed by atoms with van der Waals surface area (Å²) in [5.74, 6) is -1.28. The number of carbonyl (C=O) groups excluding carboxylic acids is 1. The molecule has 1 rings (SSSR count). The van der Waals surface area contributed by atoms with E-state index in [1.165, 1.54) is 18.4 Å². The molecule has 5 heteroatoms. The van der Waals surface area contributed by atoms with Gasteiger partial charge in [-0.3, -0.25) is 0 Å². The van der Waals surface area contributed by atoms with Crippen molar-refractivity contribution in [2.45, 2.75) is 0 Å². The van der Waals surface area contributed by atoms with Crippen molar-refractivity contribution >= 4 is 5.97 Å². The second kappa shape index (κ2) is 4.04. The summed E-state index contributed by atoms with van der Waals surface area (Å²) in [6, 6.07) is 0. The smallest absolute Gasteiger partial charge is 0.543 e. The third-order valence-electron chi connectivity index (χ3n) is 0.798. The second-order valence-corrected chi connectivity index (χ2v) is 1.42. The van der Waals surface area contributed by atoms with Crippen LogP contribution in [-0.2, 0) is 9.63 Å². The molecule has 0 fully saturated rings. The summed E-state index contributed by atoms with van der Waals surface area (Å²) in [7, 11) is 0. The molecule has 0 bridgehead atoms. The monoisotopic (exact) mass is 133 g/mol. The van der Waals surface area contributed by atoms with Crippen LogP contribution in [-0.4, -0.2) is 5.97 Å². The Balaban J connectivity index is 0.000000810. The van der Waals surface area contributed by atoms with Gasteiger partial charge in [-0.05, 0) is 12.2 Å². The van der Waals surface area contributed by atoms with Crippen LogP contribution in [0.15, 0.2) is 24.1 Å². The van der Waals surface area contributed by atoms with E-state index in [9.17, 15) is 9.90 Å². The van der Waals surface area contributed by atoms with Crippen molar-refractivity contribution in [2.24, 2.45) is 0 Å². The minimum absolute atomic E-state index is 0. The van der Waals surface area contributed by atoms with Crippen LogP contribution in [0, 0.1) is 0 Å². The predicted molar refractivity (Wildman–Crippen MR) is 26.5 cm³/mol. The number of allylic oxidation sites excluding steroid dienone is 2. The zero-order chi connectivity index (χ0) is 6.69. The molecule has 1 heterocycles. The second-order valence-electron chi connectivity index (χ2n) is 1.42. The number of carboxylic acids is 1. The molecule has 10 heavy (non-hydrogen) atoms. The minimum atomic E-state index is -1.28. The average Bonchev–Trinajstić information content (AvgIpc) is 1.90. The standard InChI is InChI=1S/C5H5NO3.Li/c7-5(8)4-2-1-3-9-6-4;/h1-3,6H,(H,7,8);/q;+1/p-1. The van der Waals surface area contributed by atoms with Crippen molar-refractivity contribution in [3.8, 4) is 0 Å². The Labute approximate surface area is 69.7 Å². The molecule has 0 aliphatic carbocycles. The fraction of sp³-hybridized carbons (Fsp3) is 0. The molecule has 4 nitrogen and oxygen atoms in total. The third-order valence-corrected chi connectivity index (χ3v) is 0.798. The zero-order valence-electron chi connectivity index (χ0n) is 5.46. The summed E-state index contributed by atoms with van der Waals surface area (Å²) >= 11 is 0.